The van der Waals surface area contributed by atoms with E-state index in [4.69, 9.17) is 10.8 Å². The standard InChI is InChI=1S/C9H14N2O/c1-2-11-6-7-3-4-9(12)8(10)5-7/h3-5,11-12H,2,6,10H2,1H3. The molecule has 4 N–H and O–H groups in total. The van der Waals surface area contributed by atoms with Crippen molar-refractivity contribution in [1.29, 1.82) is 0 Å². The third-order valence-corrected chi connectivity index (χ3v) is 1.67. The van der Waals surface area contributed by atoms with Gasteiger partial charge in [0.2, 0.25) is 0 Å². The molecule has 0 atom stereocenters. The Balaban J connectivity index is 2.69. The van der Waals surface area contributed by atoms with Crippen LogP contribution in [0.3, 0.4) is 0 Å². The Morgan fingerprint density at radius 1 is 1.50 bits per heavy atom. The lowest BCUT2D eigenvalue weighted by Crippen LogP contribution is -2.11. The minimum Gasteiger partial charge on any atom is -0.506 e. The second-order valence-electron chi connectivity index (χ2n) is 2.67. The molecule has 1 aromatic carbocycles. The van der Waals surface area contributed by atoms with Crippen molar-refractivity contribution in [2.45, 2.75) is 13.5 Å². The first-order chi connectivity index (χ1) is 5.74. The van der Waals surface area contributed by atoms with Gasteiger partial charge in [0.1, 0.15) is 5.75 Å². The number of benzene rings is 1. The van der Waals surface area contributed by atoms with Gasteiger partial charge in [0.05, 0.1) is 5.69 Å². The molecule has 0 amide bonds. The molecule has 66 valence electrons. The summed E-state index contributed by atoms with van der Waals surface area (Å²) in [5.74, 6) is 0.148. The lowest BCUT2D eigenvalue weighted by Gasteiger charge is -2.04. The molecule has 0 aliphatic carbocycles. The molecular formula is C9H14N2O. The van der Waals surface area contributed by atoms with Crippen molar-refractivity contribution in [2.24, 2.45) is 0 Å². The zero-order valence-corrected chi connectivity index (χ0v) is 7.17. The van der Waals surface area contributed by atoms with Gasteiger partial charge in [-0.2, -0.15) is 0 Å². The highest BCUT2D eigenvalue weighted by Gasteiger charge is 1.97. The average Bonchev–Trinajstić information content (AvgIpc) is 2.07. The van der Waals surface area contributed by atoms with Crippen LogP contribution >= 0.6 is 0 Å². The molecule has 12 heavy (non-hydrogen) atoms. The summed E-state index contributed by atoms with van der Waals surface area (Å²) < 4.78 is 0. The molecule has 3 nitrogen and oxygen atoms in total. The summed E-state index contributed by atoms with van der Waals surface area (Å²) in [7, 11) is 0. The number of anilines is 1. The first-order valence-electron chi connectivity index (χ1n) is 4.02. The number of phenols is 1. The van der Waals surface area contributed by atoms with Gasteiger partial charge in [-0.1, -0.05) is 13.0 Å². The van der Waals surface area contributed by atoms with Crippen molar-refractivity contribution in [1.82, 2.24) is 5.32 Å². The molecule has 0 unspecified atom stereocenters. The second-order valence-corrected chi connectivity index (χ2v) is 2.67. The highest BCUT2D eigenvalue weighted by molar-refractivity contribution is 5.53. The lowest BCUT2D eigenvalue weighted by atomic mass is 10.2. The van der Waals surface area contributed by atoms with E-state index in [1.807, 2.05) is 13.0 Å². The van der Waals surface area contributed by atoms with Gasteiger partial charge in [0.15, 0.2) is 0 Å². The fraction of sp³-hybridized carbons (Fsp3) is 0.333. The normalized spacial score (nSPS) is 10.1. The minimum absolute atomic E-state index is 0.148. The summed E-state index contributed by atoms with van der Waals surface area (Å²) in [4.78, 5) is 0. The summed E-state index contributed by atoms with van der Waals surface area (Å²) >= 11 is 0. The third kappa shape index (κ3) is 2.13. The highest BCUT2D eigenvalue weighted by Crippen LogP contribution is 2.19. The first-order valence-corrected chi connectivity index (χ1v) is 4.02. The van der Waals surface area contributed by atoms with Crippen LogP contribution in [0.1, 0.15) is 12.5 Å². The molecule has 1 rings (SSSR count). The summed E-state index contributed by atoms with van der Waals surface area (Å²) in [5.41, 5.74) is 7.04. The van der Waals surface area contributed by atoms with Crippen LogP contribution in [0.2, 0.25) is 0 Å². The molecule has 0 aliphatic heterocycles. The van der Waals surface area contributed by atoms with Crippen molar-refractivity contribution in [3.05, 3.63) is 23.8 Å². The monoisotopic (exact) mass is 166 g/mol. The number of rotatable bonds is 3. The van der Waals surface area contributed by atoms with Crippen molar-refractivity contribution in [2.75, 3.05) is 12.3 Å². The number of nitrogens with two attached hydrogens (primary N) is 1. The van der Waals surface area contributed by atoms with Gasteiger partial charge in [0, 0.05) is 6.54 Å². The molecule has 3 heteroatoms. The predicted octanol–water partition coefficient (Wildman–Crippen LogP) is 1.08. The summed E-state index contributed by atoms with van der Waals surface area (Å²) in [6.07, 6.45) is 0. The zero-order valence-electron chi connectivity index (χ0n) is 7.17. The fourth-order valence-corrected chi connectivity index (χ4v) is 0.983. The minimum atomic E-state index is 0.148. The maximum absolute atomic E-state index is 9.12. The summed E-state index contributed by atoms with van der Waals surface area (Å²) in [5, 5.41) is 12.3. The van der Waals surface area contributed by atoms with Crippen LogP contribution in [0.15, 0.2) is 18.2 Å². The van der Waals surface area contributed by atoms with Crippen LogP contribution in [0.25, 0.3) is 0 Å². The van der Waals surface area contributed by atoms with Gasteiger partial charge in [-0.25, -0.2) is 0 Å². The first kappa shape index (κ1) is 8.87. The van der Waals surface area contributed by atoms with Crippen molar-refractivity contribution < 1.29 is 5.11 Å². The van der Waals surface area contributed by atoms with Gasteiger partial charge in [-0.05, 0) is 24.2 Å². The van der Waals surface area contributed by atoms with Crippen LogP contribution in [-0.4, -0.2) is 11.7 Å². The van der Waals surface area contributed by atoms with Crippen LogP contribution < -0.4 is 11.1 Å². The fourth-order valence-electron chi connectivity index (χ4n) is 0.983. The average molecular weight is 166 g/mol. The third-order valence-electron chi connectivity index (χ3n) is 1.67. The number of nitrogens with one attached hydrogen (secondary N) is 1. The smallest absolute Gasteiger partial charge is 0.138 e. The molecule has 0 aliphatic rings. The van der Waals surface area contributed by atoms with Gasteiger partial charge in [-0.3, -0.25) is 0 Å². The molecule has 0 fully saturated rings. The van der Waals surface area contributed by atoms with Crippen LogP contribution in [0.5, 0.6) is 5.75 Å². The Hall–Kier alpha value is -1.22. The topological polar surface area (TPSA) is 58.3 Å². The Labute approximate surface area is 72.2 Å². The highest BCUT2D eigenvalue weighted by atomic mass is 16.3. The van der Waals surface area contributed by atoms with Gasteiger partial charge >= 0.3 is 0 Å². The summed E-state index contributed by atoms with van der Waals surface area (Å²) in [6.45, 7) is 3.77. The Morgan fingerprint density at radius 2 is 2.25 bits per heavy atom. The molecule has 0 radical (unpaired) electrons. The molecule has 1 aromatic rings. The number of aromatic hydroxyl groups is 1. The molecule has 0 spiro atoms. The van der Waals surface area contributed by atoms with Gasteiger partial charge in [-0.15, -0.1) is 0 Å². The molecule has 0 heterocycles. The maximum atomic E-state index is 9.12. The molecule has 0 saturated carbocycles. The van der Waals surface area contributed by atoms with Gasteiger partial charge < -0.3 is 16.2 Å². The van der Waals surface area contributed by atoms with Gasteiger partial charge in [0.25, 0.3) is 0 Å². The SMILES string of the molecule is CCNCc1ccc(O)c(N)c1. The van der Waals surface area contributed by atoms with E-state index < -0.39 is 0 Å². The van der Waals surface area contributed by atoms with E-state index in [1.165, 1.54) is 0 Å². The number of phenolic OH excluding ortho intramolecular Hbond substituents is 1. The Bertz CT molecular complexity index is 261. The quantitative estimate of drug-likeness (QED) is 0.465. The predicted molar refractivity (Wildman–Crippen MR) is 49.9 cm³/mol. The Morgan fingerprint density at radius 3 is 2.83 bits per heavy atom. The number of hydrogen-bond donors (Lipinski definition) is 3. The largest absolute Gasteiger partial charge is 0.506 e. The maximum Gasteiger partial charge on any atom is 0.138 e. The molecule has 0 bridgehead atoms. The van der Waals surface area contributed by atoms with Crippen LogP contribution in [0.4, 0.5) is 5.69 Å². The van der Waals surface area contributed by atoms with E-state index in [0.717, 1.165) is 18.7 Å². The van der Waals surface area contributed by atoms with Crippen LogP contribution in [-0.2, 0) is 6.54 Å². The van der Waals surface area contributed by atoms with Crippen molar-refractivity contribution in [3.8, 4) is 5.75 Å². The summed E-state index contributed by atoms with van der Waals surface area (Å²) in [6, 6.07) is 5.24. The van der Waals surface area contributed by atoms with Crippen molar-refractivity contribution >= 4 is 5.69 Å². The second kappa shape index (κ2) is 3.97. The lowest BCUT2D eigenvalue weighted by molar-refractivity contribution is 0.477. The Kier molecular flexibility index (Phi) is 2.94. The van der Waals surface area contributed by atoms with E-state index >= 15 is 0 Å². The van der Waals surface area contributed by atoms with Crippen LogP contribution in [0, 0.1) is 0 Å². The van der Waals surface area contributed by atoms with Crippen molar-refractivity contribution in [3.63, 3.8) is 0 Å². The van der Waals surface area contributed by atoms with E-state index in [9.17, 15) is 0 Å². The molecular weight excluding hydrogens is 152 g/mol. The van der Waals surface area contributed by atoms with E-state index in [-0.39, 0.29) is 5.75 Å². The molecule has 0 aromatic heterocycles. The van der Waals surface area contributed by atoms with E-state index in [1.54, 1.807) is 12.1 Å². The number of nitrogen functional groups attached to an aromatic ring is 1. The zero-order chi connectivity index (χ0) is 8.97. The molecule has 0 saturated heterocycles. The van der Waals surface area contributed by atoms with E-state index in [0.29, 0.717) is 5.69 Å². The number of hydrogen-bond acceptors (Lipinski definition) is 3. The van der Waals surface area contributed by atoms with E-state index in [2.05, 4.69) is 5.32 Å².